The quantitative estimate of drug-likeness (QED) is 0.650. The van der Waals surface area contributed by atoms with E-state index in [9.17, 15) is 4.57 Å². The van der Waals surface area contributed by atoms with Gasteiger partial charge in [-0.3, -0.25) is 4.57 Å². The lowest BCUT2D eigenvalue weighted by molar-refractivity contribution is -0.523. The van der Waals surface area contributed by atoms with Crippen molar-refractivity contribution in [2.75, 3.05) is 0 Å². The minimum atomic E-state index is -2.69. The minimum absolute atomic E-state index is 0.306. The molecule has 0 aliphatic rings. The van der Waals surface area contributed by atoms with Crippen molar-refractivity contribution in [3.63, 3.8) is 0 Å². The number of benzene rings is 1. The number of imidazole rings is 1. The van der Waals surface area contributed by atoms with E-state index in [0.717, 1.165) is 12.8 Å². The highest BCUT2D eigenvalue weighted by molar-refractivity contribution is 7.60. The summed E-state index contributed by atoms with van der Waals surface area (Å²) >= 11 is 0. The fourth-order valence-electron chi connectivity index (χ4n) is 3.89. The lowest BCUT2D eigenvalue weighted by Crippen LogP contribution is -2.46. The second-order valence-corrected chi connectivity index (χ2v) is 13.0. The number of rotatable bonds is 4. The Labute approximate surface area is 153 Å². The monoisotopic (exact) mass is 361 g/mol. The van der Waals surface area contributed by atoms with Crippen LogP contribution in [-0.2, 0) is 17.4 Å². The van der Waals surface area contributed by atoms with E-state index in [2.05, 4.69) is 84.4 Å². The average molecular weight is 361 g/mol. The molecule has 2 aromatic rings. The summed E-state index contributed by atoms with van der Waals surface area (Å²) in [5.74, 6) is 0. The molecule has 2 rings (SSSR count). The number of hydrogen-bond acceptors (Lipinski definition) is 1. The average Bonchev–Trinajstić information content (AvgIpc) is 3.00. The first-order chi connectivity index (χ1) is 11.5. The molecule has 0 saturated heterocycles. The fourth-order valence-corrected chi connectivity index (χ4v) is 7.79. The fraction of sp³-hybridized carbons (Fsp3) is 0.571. The van der Waals surface area contributed by atoms with Gasteiger partial charge in [0, 0.05) is 0 Å². The molecule has 0 atom stereocenters. The molecule has 0 aliphatic carbocycles. The maximum atomic E-state index is 14.2. The predicted molar refractivity (Wildman–Crippen MR) is 107 cm³/mol. The van der Waals surface area contributed by atoms with Gasteiger partial charge in [-0.25, -0.2) is 4.57 Å². The molecular weight excluding hydrogens is 327 g/mol. The van der Waals surface area contributed by atoms with Gasteiger partial charge in [-0.2, -0.15) is 4.34 Å². The molecule has 0 bridgehead atoms. The summed E-state index contributed by atoms with van der Waals surface area (Å²) in [6, 6.07) is 6.51. The lowest BCUT2D eigenvalue weighted by atomic mass is 10.0. The summed E-state index contributed by atoms with van der Waals surface area (Å²) in [6.45, 7) is 16.9. The molecule has 4 heteroatoms. The van der Waals surface area contributed by atoms with Gasteiger partial charge < -0.3 is 0 Å². The second-order valence-electron chi connectivity index (χ2n) is 8.75. The van der Waals surface area contributed by atoms with Gasteiger partial charge in [0.25, 0.3) is 13.6 Å². The molecule has 25 heavy (non-hydrogen) atoms. The molecule has 0 amide bonds. The van der Waals surface area contributed by atoms with Crippen LogP contribution < -0.4 is 4.34 Å². The Morgan fingerprint density at radius 1 is 0.960 bits per heavy atom. The van der Waals surface area contributed by atoms with E-state index in [0.29, 0.717) is 0 Å². The third kappa shape index (κ3) is 3.36. The van der Waals surface area contributed by atoms with Crippen molar-refractivity contribution < 1.29 is 8.90 Å². The molecule has 138 valence electrons. The van der Waals surface area contributed by atoms with Gasteiger partial charge >= 0.3 is 0 Å². The van der Waals surface area contributed by atoms with Gasteiger partial charge in [0.2, 0.25) is 0 Å². The first-order valence-corrected chi connectivity index (χ1v) is 10.9. The molecule has 0 N–H and O–H groups in total. The molecule has 3 nitrogen and oxygen atoms in total. The van der Waals surface area contributed by atoms with E-state index >= 15 is 0 Å². The van der Waals surface area contributed by atoms with E-state index in [1.165, 1.54) is 16.8 Å². The van der Waals surface area contributed by atoms with Crippen LogP contribution in [0, 0.1) is 0 Å². The van der Waals surface area contributed by atoms with Gasteiger partial charge in [-0.05, 0) is 65.5 Å². The standard InChI is InChI=1S/C21H34N2OP/c1-9-17-12-11-13-18(10-2)19(17)22-14-15-23(16-22)25(24,20(3,4)5)21(6,7)8/h11-16H,9-10H2,1-8H3/q+1. The van der Waals surface area contributed by atoms with E-state index in [-0.39, 0.29) is 10.3 Å². The van der Waals surface area contributed by atoms with Crippen molar-refractivity contribution in [3.8, 4) is 5.69 Å². The van der Waals surface area contributed by atoms with Gasteiger partial charge in [-0.15, -0.1) is 0 Å². The molecule has 0 fully saturated rings. The molecule has 0 saturated carbocycles. The van der Waals surface area contributed by atoms with E-state index in [1.54, 1.807) is 0 Å². The highest BCUT2D eigenvalue weighted by Gasteiger charge is 2.52. The molecular formula is C21H34N2OP+. The van der Waals surface area contributed by atoms with Crippen molar-refractivity contribution in [1.82, 2.24) is 4.57 Å². The third-order valence-corrected chi connectivity index (χ3v) is 9.51. The van der Waals surface area contributed by atoms with Crippen LogP contribution in [0.25, 0.3) is 5.69 Å². The van der Waals surface area contributed by atoms with Crippen LogP contribution in [0.3, 0.4) is 0 Å². The maximum Gasteiger partial charge on any atom is 0.261 e. The number of para-hydroxylation sites is 1. The summed E-state index contributed by atoms with van der Waals surface area (Å²) in [5, 5.41) is -0.611. The van der Waals surface area contributed by atoms with Crippen LogP contribution in [-0.4, -0.2) is 14.9 Å². The van der Waals surface area contributed by atoms with Crippen molar-refractivity contribution >= 4 is 7.29 Å². The van der Waals surface area contributed by atoms with Crippen LogP contribution in [0.1, 0.15) is 66.5 Å². The lowest BCUT2D eigenvalue weighted by Gasteiger charge is -2.37. The zero-order valence-corrected chi connectivity index (χ0v) is 18.0. The number of nitrogens with zero attached hydrogens (tertiary/aromatic N) is 2. The van der Waals surface area contributed by atoms with Gasteiger partial charge in [-0.1, -0.05) is 32.0 Å². The van der Waals surface area contributed by atoms with Crippen molar-refractivity contribution in [1.29, 1.82) is 0 Å². The van der Waals surface area contributed by atoms with Crippen molar-refractivity contribution in [2.24, 2.45) is 0 Å². The minimum Gasteiger partial charge on any atom is -0.273 e. The van der Waals surface area contributed by atoms with Crippen LogP contribution >= 0.6 is 7.29 Å². The van der Waals surface area contributed by atoms with Crippen LogP contribution in [0.2, 0.25) is 0 Å². The van der Waals surface area contributed by atoms with Crippen molar-refractivity contribution in [3.05, 3.63) is 48.0 Å². The molecule has 0 aliphatic heterocycles. The molecule has 0 unspecified atom stereocenters. The molecule has 0 spiro atoms. The first kappa shape index (κ1) is 20.0. The van der Waals surface area contributed by atoms with Crippen LogP contribution in [0.5, 0.6) is 0 Å². The van der Waals surface area contributed by atoms with E-state index < -0.39 is 7.29 Å². The SMILES string of the molecule is CCc1cccc(CC)c1-n1cc[n+](P(=O)(C(C)(C)C)C(C)(C)C)c1. The van der Waals surface area contributed by atoms with Crippen LogP contribution in [0.15, 0.2) is 36.9 Å². The Morgan fingerprint density at radius 2 is 1.44 bits per heavy atom. The first-order valence-electron chi connectivity index (χ1n) is 9.28. The molecule has 1 aromatic heterocycles. The summed E-state index contributed by atoms with van der Waals surface area (Å²) in [4.78, 5) is 0. The Balaban J connectivity index is 2.68. The third-order valence-electron chi connectivity index (χ3n) is 4.99. The van der Waals surface area contributed by atoms with E-state index in [1.807, 2.05) is 16.9 Å². The second kappa shape index (κ2) is 6.76. The normalized spacial score (nSPS) is 13.3. The topological polar surface area (TPSA) is 25.9 Å². The highest BCUT2D eigenvalue weighted by Crippen LogP contribution is 2.62. The van der Waals surface area contributed by atoms with Gasteiger partial charge in [0.15, 0.2) is 0 Å². The molecule has 0 radical (unpaired) electrons. The maximum absolute atomic E-state index is 14.2. The summed E-state index contributed by atoms with van der Waals surface area (Å²) in [7, 11) is -2.69. The largest absolute Gasteiger partial charge is 0.273 e. The number of hydrogen-bond donors (Lipinski definition) is 0. The van der Waals surface area contributed by atoms with E-state index in [4.69, 9.17) is 0 Å². The summed E-state index contributed by atoms with van der Waals surface area (Å²) < 4.78 is 18.3. The zero-order valence-electron chi connectivity index (χ0n) is 17.1. The molecule has 1 heterocycles. The van der Waals surface area contributed by atoms with Crippen LogP contribution in [0.4, 0.5) is 0 Å². The smallest absolute Gasteiger partial charge is 0.261 e. The Bertz CT molecular complexity index is 751. The van der Waals surface area contributed by atoms with Gasteiger partial charge in [0.1, 0.15) is 18.1 Å². The number of aromatic nitrogens is 2. The molecule has 1 aromatic carbocycles. The highest BCUT2D eigenvalue weighted by atomic mass is 31.2. The zero-order chi connectivity index (χ0) is 19.0. The Kier molecular flexibility index (Phi) is 5.40. The van der Waals surface area contributed by atoms with Crippen molar-refractivity contribution in [2.45, 2.75) is 78.5 Å². The Morgan fingerprint density at radius 3 is 1.84 bits per heavy atom. The summed E-state index contributed by atoms with van der Waals surface area (Å²) in [5.41, 5.74) is 3.88. The Hall–Kier alpha value is -1.34. The van der Waals surface area contributed by atoms with Gasteiger partial charge in [0.05, 0.1) is 10.3 Å². The number of aryl methyl sites for hydroxylation is 2. The summed E-state index contributed by atoms with van der Waals surface area (Å²) in [6.07, 6.45) is 8.04. The predicted octanol–water partition coefficient (Wildman–Crippen LogP) is 5.61.